The van der Waals surface area contributed by atoms with E-state index in [4.69, 9.17) is 10.8 Å². The third-order valence-electron chi connectivity index (χ3n) is 2.14. The maximum Gasteiger partial charge on any atom is 0.321 e. The van der Waals surface area contributed by atoms with Crippen LogP contribution in [-0.4, -0.2) is 36.4 Å². The number of hydrogen-bond donors (Lipinski definition) is 3. The van der Waals surface area contributed by atoms with Crippen molar-refractivity contribution in [2.24, 2.45) is 5.73 Å². The van der Waals surface area contributed by atoms with Gasteiger partial charge in [0, 0.05) is 6.42 Å². The van der Waals surface area contributed by atoms with Gasteiger partial charge in [0.05, 0.1) is 11.2 Å². The van der Waals surface area contributed by atoms with Crippen LogP contribution in [0.1, 0.15) is 17.8 Å². The molecular formula is C9H13N3O5S2. The maximum absolute atomic E-state index is 11.9. The van der Waals surface area contributed by atoms with Crippen molar-refractivity contribution in [2.75, 3.05) is 0 Å². The fourth-order valence-corrected chi connectivity index (χ4v) is 3.58. The lowest BCUT2D eigenvalue weighted by Gasteiger charge is -2.12. The molecule has 1 unspecified atom stereocenters. The molecule has 19 heavy (non-hydrogen) atoms. The second-order valence-corrected chi connectivity index (χ2v) is 6.89. The van der Waals surface area contributed by atoms with Crippen LogP contribution in [0.3, 0.4) is 0 Å². The number of aromatic nitrogens is 1. The summed E-state index contributed by atoms with van der Waals surface area (Å²) in [5, 5.41) is 9.46. The molecule has 0 saturated carbocycles. The molecule has 1 aromatic heterocycles. The van der Waals surface area contributed by atoms with E-state index < -0.39 is 27.9 Å². The number of carboxylic acids is 1. The van der Waals surface area contributed by atoms with Gasteiger partial charge < -0.3 is 10.8 Å². The van der Waals surface area contributed by atoms with Crippen molar-refractivity contribution >= 4 is 33.2 Å². The van der Waals surface area contributed by atoms with Gasteiger partial charge in [0.1, 0.15) is 6.04 Å². The average Bonchev–Trinajstić information content (AvgIpc) is 2.71. The first-order valence-corrected chi connectivity index (χ1v) is 7.48. The second kappa shape index (κ2) is 6.08. The summed E-state index contributed by atoms with van der Waals surface area (Å²) in [4.78, 5) is 25.3. The van der Waals surface area contributed by atoms with E-state index >= 15 is 0 Å². The van der Waals surface area contributed by atoms with Gasteiger partial charge in [0.25, 0.3) is 10.0 Å². The number of nitrogens with two attached hydrogens (primary N) is 1. The molecule has 1 rings (SSSR count). The molecule has 1 heterocycles. The lowest BCUT2D eigenvalue weighted by Crippen LogP contribution is -2.41. The smallest absolute Gasteiger partial charge is 0.321 e. The zero-order valence-electron chi connectivity index (χ0n) is 9.99. The summed E-state index contributed by atoms with van der Waals surface area (Å²) in [6.07, 6.45) is 0.720. The normalized spacial score (nSPS) is 13.1. The van der Waals surface area contributed by atoms with Crippen LogP contribution in [0.25, 0.3) is 0 Å². The predicted molar refractivity (Wildman–Crippen MR) is 67.0 cm³/mol. The Hall–Kier alpha value is -1.52. The van der Waals surface area contributed by atoms with Gasteiger partial charge in [0.15, 0.2) is 4.21 Å². The summed E-state index contributed by atoms with van der Waals surface area (Å²) < 4.78 is 25.7. The van der Waals surface area contributed by atoms with Gasteiger partial charge in [0.2, 0.25) is 5.91 Å². The predicted octanol–water partition coefficient (Wildman–Crippen LogP) is -0.551. The number of nitrogens with one attached hydrogen (secondary N) is 1. The Balaban J connectivity index is 2.84. The number of aliphatic carboxylic acids is 1. The number of carbonyl (C=O) groups is 2. The van der Waals surface area contributed by atoms with Crippen molar-refractivity contribution < 1.29 is 23.1 Å². The standard InChI is InChI=1S/C9H13N3O5S2/c1-5-11-4-8(18-5)19(16,17)12-6(9(14)15)2-3-7(10)13/h4,6,12H,2-3H2,1H3,(H2,10,13)(H,14,15). The Morgan fingerprint density at radius 1 is 1.58 bits per heavy atom. The van der Waals surface area contributed by atoms with Gasteiger partial charge in [-0.15, -0.1) is 11.3 Å². The molecule has 106 valence electrons. The average molecular weight is 307 g/mol. The summed E-state index contributed by atoms with van der Waals surface area (Å²) in [5.41, 5.74) is 4.90. The highest BCUT2D eigenvalue weighted by molar-refractivity contribution is 7.91. The number of rotatable bonds is 7. The third-order valence-corrected chi connectivity index (χ3v) is 4.99. The van der Waals surface area contributed by atoms with Gasteiger partial charge in [-0.3, -0.25) is 9.59 Å². The first kappa shape index (κ1) is 15.5. The molecule has 0 radical (unpaired) electrons. The molecule has 0 bridgehead atoms. The molecular weight excluding hydrogens is 294 g/mol. The van der Waals surface area contributed by atoms with E-state index in [0.29, 0.717) is 5.01 Å². The highest BCUT2D eigenvalue weighted by Crippen LogP contribution is 2.18. The van der Waals surface area contributed by atoms with Crippen LogP contribution in [0.2, 0.25) is 0 Å². The number of thiazole rings is 1. The number of aryl methyl sites for hydroxylation is 1. The summed E-state index contributed by atoms with van der Waals surface area (Å²) in [7, 11) is -3.96. The minimum Gasteiger partial charge on any atom is -0.480 e. The van der Waals surface area contributed by atoms with Gasteiger partial charge in [-0.1, -0.05) is 0 Å². The van der Waals surface area contributed by atoms with Gasteiger partial charge >= 0.3 is 5.97 Å². The molecule has 0 aliphatic carbocycles. The van der Waals surface area contributed by atoms with Crippen molar-refractivity contribution in [3.63, 3.8) is 0 Å². The topological polar surface area (TPSA) is 139 Å². The molecule has 0 saturated heterocycles. The fraction of sp³-hybridized carbons (Fsp3) is 0.444. The Bertz CT molecular complexity index is 580. The highest BCUT2D eigenvalue weighted by Gasteiger charge is 2.26. The van der Waals surface area contributed by atoms with E-state index in [1.165, 1.54) is 0 Å². The number of carboxylic acid groups (broad SMARTS) is 1. The van der Waals surface area contributed by atoms with Crippen LogP contribution in [-0.2, 0) is 19.6 Å². The summed E-state index contributed by atoms with van der Waals surface area (Å²) in [6, 6.07) is -1.40. The molecule has 0 aliphatic rings. The quantitative estimate of drug-likeness (QED) is 0.617. The second-order valence-electron chi connectivity index (χ2n) is 3.72. The number of nitrogens with zero attached hydrogens (tertiary/aromatic N) is 1. The van der Waals surface area contributed by atoms with Crippen molar-refractivity contribution in [2.45, 2.75) is 30.0 Å². The number of primary amides is 1. The summed E-state index contributed by atoms with van der Waals surface area (Å²) in [5.74, 6) is -2.06. The van der Waals surface area contributed by atoms with E-state index in [1.54, 1.807) is 6.92 Å². The maximum atomic E-state index is 11.9. The number of amides is 1. The Morgan fingerprint density at radius 3 is 2.63 bits per heavy atom. The zero-order valence-corrected chi connectivity index (χ0v) is 11.6. The molecule has 8 nitrogen and oxygen atoms in total. The van der Waals surface area contributed by atoms with E-state index in [9.17, 15) is 18.0 Å². The Labute approximate surface area is 113 Å². The summed E-state index contributed by atoms with van der Waals surface area (Å²) in [6.45, 7) is 1.63. The van der Waals surface area contributed by atoms with E-state index in [0.717, 1.165) is 17.5 Å². The number of hydrogen-bond acceptors (Lipinski definition) is 6. The monoisotopic (exact) mass is 307 g/mol. The van der Waals surface area contributed by atoms with Crippen LogP contribution in [0.4, 0.5) is 0 Å². The molecule has 0 aliphatic heterocycles. The molecule has 0 fully saturated rings. The van der Waals surface area contributed by atoms with Crippen LogP contribution in [0, 0.1) is 6.92 Å². The molecule has 1 amide bonds. The van der Waals surface area contributed by atoms with Crippen molar-refractivity contribution in [3.8, 4) is 0 Å². The van der Waals surface area contributed by atoms with E-state index in [1.807, 2.05) is 4.72 Å². The van der Waals surface area contributed by atoms with Crippen LogP contribution in [0.15, 0.2) is 10.4 Å². The molecule has 0 spiro atoms. The third kappa shape index (κ3) is 4.58. The molecule has 1 atom stereocenters. The first-order chi connectivity index (χ1) is 8.72. The number of sulfonamides is 1. The van der Waals surface area contributed by atoms with E-state index in [2.05, 4.69) is 4.98 Å². The zero-order chi connectivity index (χ0) is 14.6. The van der Waals surface area contributed by atoms with Crippen LogP contribution < -0.4 is 10.5 Å². The minimum atomic E-state index is -3.96. The number of carbonyl (C=O) groups excluding carboxylic acids is 1. The van der Waals surface area contributed by atoms with Crippen LogP contribution in [0.5, 0.6) is 0 Å². The van der Waals surface area contributed by atoms with Gasteiger partial charge in [-0.05, 0) is 13.3 Å². The lowest BCUT2D eigenvalue weighted by atomic mass is 10.2. The molecule has 1 aromatic rings. The lowest BCUT2D eigenvalue weighted by molar-refractivity contribution is -0.139. The minimum absolute atomic E-state index is 0.0738. The highest BCUT2D eigenvalue weighted by atomic mass is 32.2. The Morgan fingerprint density at radius 2 is 2.21 bits per heavy atom. The largest absolute Gasteiger partial charge is 0.480 e. The fourth-order valence-electron chi connectivity index (χ4n) is 1.23. The van der Waals surface area contributed by atoms with Crippen molar-refractivity contribution in [1.82, 2.24) is 9.71 Å². The van der Waals surface area contributed by atoms with Crippen molar-refractivity contribution in [3.05, 3.63) is 11.2 Å². The van der Waals surface area contributed by atoms with Gasteiger partial charge in [-0.25, -0.2) is 13.4 Å². The summed E-state index contributed by atoms with van der Waals surface area (Å²) >= 11 is 0.927. The molecule has 10 heteroatoms. The van der Waals surface area contributed by atoms with Gasteiger partial charge in [-0.2, -0.15) is 4.72 Å². The SMILES string of the molecule is Cc1ncc(S(=O)(=O)NC(CCC(N)=O)C(=O)O)s1. The molecule has 0 aromatic carbocycles. The van der Waals surface area contributed by atoms with Crippen molar-refractivity contribution in [1.29, 1.82) is 0 Å². The van der Waals surface area contributed by atoms with Crippen LogP contribution >= 0.6 is 11.3 Å². The van der Waals surface area contributed by atoms with E-state index in [-0.39, 0.29) is 17.1 Å². The first-order valence-electron chi connectivity index (χ1n) is 5.18. The Kier molecular flexibility index (Phi) is 4.97. The molecule has 4 N–H and O–H groups in total.